The molecule has 1 aliphatic rings. The first-order chi connectivity index (χ1) is 7.37. The number of carbonyl (C=O) groups is 1. The molecule has 1 aliphatic heterocycles. The molecule has 1 fully saturated rings. The molecule has 1 amide bonds. The Kier molecular flexibility index (Phi) is 3.78. The first-order valence-electron chi connectivity index (χ1n) is 5.63. The number of hydrogen-bond donors (Lipinski definition) is 2. The van der Waals surface area contributed by atoms with Crippen molar-refractivity contribution in [2.45, 2.75) is 33.6 Å². The van der Waals surface area contributed by atoms with Crippen molar-refractivity contribution in [2.75, 3.05) is 13.1 Å². The standard InChI is InChI=1S/C11H21N3O2/c1-8(9(12)13-16)10(15)14-6-4-11(2,3)5-7-14/h8,16H,4-7H2,1-3H3,(H2,12,13). The van der Waals surface area contributed by atoms with Gasteiger partial charge in [-0.25, -0.2) is 0 Å². The van der Waals surface area contributed by atoms with Crippen LogP contribution in [0.2, 0.25) is 0 Å². The molecule has 5 nitrogen and oxygen atoms in total. The van der Waals surface area contributed by atoms with Crippen molar-refractivity contribution in [3.05, 3.63) is 0 Å². The van der Waals surface area contributed by atoms with Gasteiger partial charge in [0.25, 0.3) is 0 Å². The predicted octanol–water partition coefficient (Wildman–Crippen LogP) is 1.02. The number of rotatable bonds is 2. The first kappa shape index (κ1) is 12.8. The van der Waals surface area contributed by atoms with Gasteiger partial charge in [-0.3, -0.25) is 4.79 Å². The van der Waals surface area contributed by atoms with Gasteiger partial charge in [0, 0.05) is 13.1 Å². The van der Waals surface area contributed by atoms with Gasteiger partial charge in [0.2, 0.25) is 5.91 Å². The summed E-state index contributed by atoms with van der Waals surface area (Å²) in [5, 5.41) is 11.4. The molecule has 0 aromatic heterocycles. The van der Waals surface area contributed by atoms with Crippen molar-refractivity contribution in [1.29, 1.82) is 0 Å². The van der Waals surface area contributed by atoms with E-state index < -0.39 is 5.92 Å². The van der Waals surface area contributed by atoms with Crippen LogP contribution in [0.5, 0.6) is 0 Å². The molecule has 1 saturated heterocycles. The van der Waals surface area contributed by atoms with Crippen LogP contribution in [0.4, 0.5) is 0 Å². The van der Waals surface area contributed by atoms with Crippen LogP contribution in [-0.2, 0) is 4.79 Å². The lowest BCUT2D eigenvalue weighted by atomic mass is 9.82. The van der Waals surface area contributed by atoms with E-state index in [4.69, 9.17) is 10.9 Å². The van der Waals surface area contributed by atoms with Gasteiger partial charge in [-0.15, -0.1) is 0 Å². The number of nitrogens with two attached hydrogens (primary N) is 1. The smallest absolute Gasteiger partial charge is 0.233 e. The third kappa shape index (κ3) is 2.87. The third-order valence-electron chi connectivity index (χ3n) is 3.36. The zero-order valence-corrected chi connectivity index (χ0v) is 10.2. The van der Waals surface area contributed by atoms with E-state index in [1.165, 1.54) is 0 Å². The second-order valence-corrected chi connectivity index (χ2v) is 5.24. The molecule has 1 rings (SSSR count). The highest BCUT2D eigenvalue weighted by Gasteiger charge is 2.30. The highest BCUT2D eigenvalue weighted by Crippen LogP contribution is 2.30. The Morgan fingerprint density at radius 2 is 1.94 bits per heavy atom. The number of nitrogens with zero attached hydrogens (tertiary/aromatic N) is 2. The van der Waals surface area contributed by atoms with Gasteiger partial charge in [0.05, 0.1) is 5.92 Å². The Labute approximate surface area is 96.3 Å². The monoisotopic (exact) mass is 227 g/mol. The lowest BCUT2D eigenvalue weighted by Crippen LogP contribution is -2.46. The highest BCUT2D eigenvalue weighted by molar-refractivity contribution is 6.01. The molecule has 0 bridgehead atoms. The zero-order chi connectivity index (χ0) is 12.3. The maximum atomic E-state index is 12.0. The van der Waals surface area contributed by atoms with E-state index >= 15 is 0 Å². The molecule has 5 heteroatoms. The summed E-state index contributed by atoms with van der Waals surface area (Å²) in [6.07, 6.45) is 2.00. The Morgan fingerprint density at radius 1 is 1.44 bits per heavy atom. The van der Waals surface area contributed by atoms with E-state index in [-0.39, 0.29) is 11.7 Å². The fraction of sp³-hybridized carbons (Fsp3) is 0.818. The predicted molar refractivity (Wildman–Crippen MR) is 62.2 cm³/mol. The van der Waals surface area contributed by atoms with Crippen LogP contribution in [0, 0.1) is 11.3 Å². The van der Waals surface area contributed by atoms with Crippen molar-refractivity contribution in [2.24, 2.45) is 22.2 Å². The van der Waals surface area contributed by atoms with Crippen molar-refractivity contribution >= 4 is 11.7 Å². The quantitative estimate of drug-likeness (QED) is 0.320. The van der Waals surface area contributed by atoms with E-state index in [1.54, 1.807) is 11.8 Å². The van der Waals surface area contributed by atoms with Gasteiger partial charge in [-0.05, 0) is 25.2 Å². The second-order valence-electron chi connectivity index (χ2n) is 5.24. The summed E-state index contributed by atoms with van der Waals surface area (Å²) in [6, 6.07) is 0. The van der Waals surface area contributed by atoms with E-state index in [0.717, 1.165) is 25.9 Å². The highest BCUT2D eigenvalue weighted by atomic mass is 16.4. The topological polar surface area (TPSA) is 78.9 Å². The Bertz CT molecular complexity index is 290. The molecule has 92 valence electrons. The van der Waals surface area contributed by atoms with Gasteiger partial charge in [-0.1, -0.05) is 19.0 Å². The van der Waals surface area contributed by atoms with Gasteiger partial charge in [-0.2, -0.15) is 0 Å². The molecular weight excluding hydrogens is 206 g/mol. The van der Waals surface area contributed by atoms with Gasteiger partial charge >= 0.3 is 0 Å². The molecule has 3 N–H and O–H groups in total. The summed E-state index contributed by atoms with van der Waals surface area (Å²) in [7, 11) is 0. The molecule has 0 aromatic rings. The van der Waals surface area contributed by atoms with E-state index in [1.807, 2.05) is 0 Å². The van der Waals surface area contributed by atoms with Crippen LogP contribution in [0.15, 0.2) is 5.16 Å². The Morgan fingerprint density at radius 3 is 2.38 bits per heavy atom. The van der Waals surface area contributed by atoms with Crippen molar-refractivity contribution in [3.8, 4) is 0 Å². The average molecular weight is 227 g/mol. The molecule has 0 aromatic carbocycles. The zero-order valence-electron chi connectivity index (χ0n) is 10.2. The lowest BCUT2D eigenvalue weighted by molar-refractivity contribution is -0.135. The van der Waals surface area contributed by atoms with Crippen LogP contribution in [0.3, 0.4) is 0 Å². The van der Waals surface area contributed by atoms with Gasteiger partial charge in [0.1, 0.15) is 0 Å². The SMILES string of the molecule is CC(C(=O)N1CCC(C)(C)CC1)C(N)=NO. The lowest BCUT2D eigenvalue weighted by Gasteiger charge is -2.37. The molecule has 16 heavy (non-hydrogen) atoms. The van der Waals surface area contributed by atoms with Crippen LogP contribution >= 0.6 is 0 Å². The fourth-order valence-corrected chi connectivity index (χ4v) is 1.82. The molecule has 1 unspecified atom stereocenters. The van der Waals surface area contributed by atoms with E-state index in [9.17, 15) is 4.79 Å². The second kappa shape index (κ2) is 4.72. The number of amides is 1. The summed E-state index contributed by atoms with van der Waals surface area (Å²) in [5.74, 6) is -0.605. The number of likely N-dealkylation sites (tertiary alicyclic amines) is 1. The maximum Gasteiger partial charge on any atom is 0.233 e. The molecule has 0 aliphatic carbocycles. The third-order valence-corrected chi connectivity index (χ3v) is 3.36. The molecule has 0 saturated carbocycles. The van der Waals surface area contributed by atoms with Crippen LogP contribution < -0.4 is 5.73 Å². The maximum absolute atomic E-state index is 12.0. The van der Waals surface area contributed by atoms with E-state index in [0.29, 0.717) is 5.41 Å². The van der Waals surface area contributed by atoms with Gasteiger partial charge < -0.3 is 15.8 Å². The Hall–Kier alpha value is -1.26. The number of amidine groups is 1. The molecule has 0 radical (unpaired) electrons. The first-order valence-corrected chi connectivity index (χ1v) is 5.63. The molecule has 1 atom stereocenters. The minimum Gasteiger partial charge on any atom is -0.409 e. The van der Waals surface area contributed by atoms with Crippen molar-refractivity contribution in [3.63, 3.8) is 0 Å². The van der Waals surface area contributed by atoms with Gasteiger partial charge in [0.15, 0.2) is 5.84 Å². The summed E-state index contributed by atoms with van der Waals surface area (Å²) < 4.78 is 0. The van der Waals surface area contributed by atoms with Crippen molar-refractivity contribution in [1.82, 2.24) is 4.90 Å². The molecule has 0 spiro atoms. The average Bonchev–Trinajstić information content (AvgIpc) is 2.26. The fourth-order valence-electron chi connectivity index (χ4n) is 1.82. The van der Waals surface area contributed by atoms with Crippen LogP contribution in [0.25, 0.3) is 0 Å². The van der Waals surface area contributed by atoms with E-state index in [2.05, 4.69) is 19.0 Å². The van der Waals surface area contributed by atoms with Crippen LogP contribution in [0.1, 0.15) is 33.6 Å². The number of piperidine rings is 1. The Balaban J connectivity index is 2.57. The normalized spacial score (nSPS) is 22.9. The van der Waals surface area contributed by atoms with Crippen molar-refractivity contribution < 1.29 is 10.0 Å². The summed E-state index contributed by atoms with van der Waals surface area (Å²) >= 11 is 0. The number of hydrogen-bond acceptors (Lipinski definition) is 3. The largest absolute Gasteiger partial charge is 0.409 e. The number of oxime groups is 1. The summed E-state index contributed by atoms with van der Waals surface area (Å²) in [5.41, 5.74) is 5.75. The molecular formula is C11H21N3O2. The summed E-state index contributed by atoms with van der Waals surface area (Å²) in [6.45, 7) is 7.60. The minimum atomic E-state index is -0.536. The minimum absolute atomic E-state index is 0.0187. The number of carbonyl (C=O) groups excluding carboxylic acids is 1. The molecule has 1 heterocycles. The summed E-state index contributed by atoms with van der Waals surface area (Å²) in [4.78, 5) is 13.8. The van der Waals surface area contributed by atoms with Crippen LogP contribution in [-0.4, -0.2) is 34.9 Å².